The third-order valence-electron chi connectivity index (χ3n) is 8.41. The molecule has 2 aromatic heterocycles. The number of alkyl carbamates (subject to hydrolysis) is 1. The zero-order chi connectivity index (χ0) is 32.1. The number of ether oxygens (including phenoxy) is 1. The van der Waals surface area contributed by atoms with Gasteiger partial charge in [0.2, 0.25) is 0 Å². The molecular weight excluding hydrogens is 595 g/mol. The molecule has 1 fully saturated rings. The molecule has 10 heteroatoms. The molecule has 5 N–H and O–H groups in total. The summed E-state index contributed by atoms with van der Waals surface area (Å²) in [5, 5.41) is 9.90. The largest absolute Gasteiger partial charge is 0.444 e. The van der Waals surface area contributed by atoms with E-state index in [2.05, 4.69) is 56.9 Å². The van der Waals surface area contributed by atoms with Gasteiger partial charge >= 0.3 is 6.09 Å². The van der Waals surface area contributed by atoms with E-state index in [1.54, 1.807) is 6.20 Å². The van der Waals surface area contributed by atoms with E-state index in [9.17, 15) is 4.79 Å². The van der Waals surface area contributed by atoms with Crippen molar-refractivity contribution in [2.45, 2.75) is 51.2 Å². The number of imidazole rings is 1. The van der Waals surface area contributed by atoms with E-state index in [4.69, 9.17) is 32.7 Å². The summed E-state index contributed by atoms with van der Waals surface area (Å²) in [5.74, 6) is 1.54. The first-order chi connectivity index (χ1) is 22.1. The average molecular weight is 630 g/mol. The van der Waals surface area contributed by atoms with Crippen LogP contribution >= 0.6 is 12.2 Å². The number of thiocarbonyl (C=S) groups is 1. The van der Waals surface area contributed by atoms with Gasteiger partial charge in [-0.3, -0.25) is 4.57 Å². The summed E-state index contributed by atoms with van der Waals surface area (Å²) in [6.45, 7) is 5.62. The van der Waals surface area contributed by atoms with Crippen LogP contribution in [0.3, 0.4) is 0 Å². The summed E-state index contributed by atoms with van der Waals surface area (Å²) >= 11 is 5.04. The Morgan fingerprint density at radius 2 is 1.70 bits per heavy atom. The SMILES string of the molecule is CC(C)(C)OC(=O)NC1(c2ccc(-c3c(-c4ccc(NC(N)=S)cc4)nc4n3-c3cccnc3Nc3ccccc3-4)cc2)CCC1. The van der Waals surface area contributed by atoms with Crippen molar-refractivity contribution >= 4 is 40.6 Å². The van der Waals surface area contributed by atoms with Gasteiger partial charge in [-0.1, -0.05) is 48.5 Å². The van der Waals surface area contributed by atoms with Crippen LogP contribution in [0.1, 0.15) is 45.6 Å². The van der Waals surface area contributed by atoms with Crippen molar-refractivity contribution in [1.29, 1.82) is 0 Å². The van der Waals surface area contributed by atoms with Gasteiger partial charge in [0, 0.05) is 28.6 Å². The highest BCUT2D eigenvalue weighted by Crippen LogP contribution is 2.46. The zero-order valence-electron chi connectivity index (χ0n) is 25.9. The molecule has 1 aliphatic carbocycles. The minimum absolute atomic E-state index is 0.209. The van der Waals surface area contributed by atoms with Gasteiger partial charge in [-0.25, -0.2) is 14.8 Å². The van der Waals surface area contributed by atoms with E-state index in [0.717, 1.165) is 81.6 Å². The first-order valence-electron chi connectivity index (χ1n) is 15.3. The van der Waals surface area contributed by atoms with E-state index < -0.39 is 17.2 Å². The summed E-state index contributed by atoms with van der Waals surface area (Å²) in [7, 11) is 0. The molecule has 0 spiro atoms. The lowest BCUT2D eigenvalue weighted by atomic mass is 9.71. The zero-order valence-corrected chi connectivity index (χ0v) is 26.7. The first-order valence-corrected chi connectivity index (χ1v) is 15.7. The number of nitrogens with two attached hydrogens (primary N) is 1. The van der Waals surface area contributed by atoms with Crippen molar-refractivity contribution < 1.29 is 9.53 Å². The first kappa shape index (κ1) is 29.5. The number of benzene rings is 3. The van der Waals surface area contributed by atoms with E-state index in [-0.39, 0.29) is 5.11 Å². The maximum Gasteiger partial charge on any atom is 0.408 e. The van der Waals surface area contributed by atoms with Crippen LogP contribution in [0.2, 0.25) is 0 Å². The van der Waals surface area contributed by atoms with Crippen molar-refractivity contribution in [3.63, 3.8) is 0 Å². The van der Waals surface area contributed by atoms with E-state index in [1.165, 1.54) is 0 Å². The maximum atomic E-state index is 12.8. The lowest BCUT2D eigenvalue weighted by molar-refractivity contribution is 0.0377. The monoisotopic (exact) mass is 629 g/mol. The van der Waals surface area contributed by atoms with E-state index in [0.29, 0.717) is 0 Å². The second-order valence-electron chi connectivity index (χ2n) is 12.7. The summed E-state index contributed by atoms with van der Waals surface area (Å²) in [6.07, 6.45) is 4.13. The predicted molar refractivity (Wildman–Crippen MR) is 186 cm³/mol. The molecule has 9 nitrogen and oxygen atoms in total. The van der Waals surface area contributed by atoms with Crippen molar-refractivity contribution in [3.8, 4) is 39.6 Å². The fourth-order valence-corrected chi connectivity index (χ4v) is 6.33. The van der Waals surface area contributed by atoms with Crippen molar-refractivity contribution in [2.24, 2.45) is 5.73 Å². The molecule has 7 rings (SSSR count). The van der Waals surface area contributed by atoms with Crippen LogP contribution in [-0.2, 0) is 10.3 Å². The molecular formula is C36H35N7O2S. The third kappa shape index (κ3) is 5.45. The van der Waals surface area contributed by atoms with Crippen LogP contribution in [0, 0.1) is 0 Å². The topological polar surface area (TPSA) is 119 Å². The van der Waals surface area contributed by atoms with Crippen LogP contribution in [0.15, 0.2) is 91.1 Å². The van der Waals surface area contributed by atoms with E-state index >= 15 is 0 Å². The second-order valence-corrected chi connectivity index (χ2v) is 13.2. The number of carbonyl (C=O) groups excluding carboxylic acids is 1. The average Bonchev–Trinajstić information content (AvgIpc) is 3.33. The standard InChI is InChI=1S/C36H35N7O2S/c1-35(2,3)45-34(44)42-36(19-7-20-36)24-15-11-23(12-16-24)30-29(22-13-17-25(18-14-22)39-33(37)46)41-32-26-8-4-5-9-27(26)40-31-28(43(30)32)10-6-21-38-31/h4-6,8-18,21H,7,19-20H2,1-3H3,(H,38,40)(H,42,44)(H3,37,39,46). The van der Waals surface area contributed by atoms with Gasteiger partial charge in [0.05, 0.1) is 28.3 Å². The van der Waals surface area contributed by atoms with Crippen LogP contribution in [0.4, 0.5) is 22.0 Å². The predicted octanol–water partition coefficient (Wildman–Crippen LogP) is 7.88. The minimum atomic E-state index is -0.571. The molecule has 0 atom stereocenters. The van der Waals surface area contributed by atoms with Gasteiger partial charge in [0.1, 0.15) is 11.4 Å². The number of nitrogens with one attached hydrogen (secondary N) is 3. The highest BCUT2D eigenvalue weighted by Gasteiger charge is 2.41. The van der Waals surface area contributed by atoms with E-state index in [1.807, 2.05) is 69.3 Å². The Hall–Kier alpha value is -5.22. The molecule has 0 bridgehead atoms. The van der Waals surface area contributed by atoms with Crippen LogP contribution in [0.5, 0.6) is 0 Å². The fourth-order valence-electron chi connectivity index (χ4n) is 6.21. The van der Waals surface area contributed by atoms with Gasteiger partial charge in [0.15, 0.2) is 10.9 Å². The Morgan fingerprint density at radius 3 is 2.37 bits per heavy atom. The summed E-state index contributed by atoms with van der Waals surface area (Å²) in [4.78, 5) is 22.8. The highest BCUT2D eigenvalue weighted by atomic mass is 32.1. The molecule has 2 aliphatic rings. The maximum absolute atomic E-state index is 12.8. The number of hydrogen-bond acceptors (Lipinski definition) is 6. The molecule has 0 radical (unpaired) electrons. The summed E-state index contributed by atoms with van der Waals surface area (Å²) in [5.41, 5.74) is 13.0. The highest BCUT2D eigenvalue weighted by molar-refractivity contribution is 7.80. The lowest BCUT2D eigenvalue weighted by Crippen LogP contribution is -2.52. The van der Waals surface area contributed by atoms with Crippen LogP contribution in [-0.4, -0.2) is 31.3 Å². The number of aromatic nitrogens is 3. The molecule has 1 aliphatic heterocycles. The molecule has 0 saturated heterocycles. The number of rotatable bonds is 5. The van der Waals surface area contributed by atoms with Gasteiger partial charge < -0.3 is 26.4 Å². The molecule has 0 unspecified atom stereocenters. The molecule has 5 aromatic rings. The third-order valence-corrected chi connectivity index (χ3v) is 8.51. The quantitative estimate of drug-likeness (QED) is 0.142. The van der Waals surface area contributed by atoms with Crippen molar-refractivity contribution in [2.75, 3.05) is 10.6 Å². The number of anilines is 3. The molecule has 3 heterocycles. The molecule has 1 amide bonds. The van der Waals surface area contributed by atoms with Gasteiger partial charge in [-0.05, 0) is 94.2 Å². The lowest BCUT2D eigenvalue weighted by Gasteiger charge is -2.43. The molecule has 232 valence electrons. The van der Waals surface area contributed by atoms with Crippen molar-refractivity contribution in [1.82, 2.24) is 19.9 Å². The number of para-hydroxylation sites is 1. The normalized spacial score (nSPS) is 14.3. The van der Waals surface area contributed by atoms with Gasteiger partial charge in [-0.2, -0.15) is 0 Å². The second kappa shape index (κ2) is 11.3. The number of fused-ring (bicyclic) bond motifs is 5. The van der Waals surface area contributed by atoms with Crippen LogP contribution < -0.4 is 21.7 Å². The summed E-state index contributed by atoms with van der Waals surface area (Å²) in [6, 6.07) is 28.5. The number of carbonyl (C=O) groups is 1. The number of pyridine rings is 1. The van der Waals surface area contributed by atoms with Crippen LogP contribution in [0.25, 0.3) is 39.6 Å². The Morgan fingerprint density at radius 1 is 0.978 bits per heavy atom. The van der Waals surface area contributed by atoms with Gasteiger partial charge in [-0.15, -0.1) is 0 Å². The van der Waals surface area contributed by atoms with Crippen molar-refractivity contribution in [3.05, 3.63) is 96.7 Å². The molecule has 3 aromatic carbocycles. The fraction of sp³-hybridized carbons (Fsp3) is 0.222. The number of nitrogens with zero attached hydrogens (tertiary/aromatic N) is 3. The number of hydrogen-bond donors (Lipinski definition) is 4. The molecule has 1 saturated carbocycles. The van der Waals surface area contributed by atoms with Gasteiger partial charge in [0.25, 0.3) is 0 Å². The molecule has 46 heavy (non-hydrogen) atoms. The Labute approximate surface area is 273 Å². The smallest absolute Gasteiger partial charge is 0.408 e. The minimum Gasteiger partial charge on any atom is -0.444 e. The Balaban J connectivity index is 1.38. The summed E-state index contributed by atoms with van der Waals surface area (Å²) < 4.78 is 7.80. The Bertz CT molecular complexity index is 1960. The number of amides is 1. The Kier molecular flexibility index (Phi) is 7.24.